The molecule has 1 rings (SSSR count). The molecule has 1 fully saturated rings. The highest BCUT2D eigenvalue weighted by Crippen LogP contribution is 2.03. The molecule has 2 amide bonds. The Labute approximate surface area is 126 Å². The largest absolute Gasteiger partial charge is 0.375 e. The maximum atomic E-state index is 11.8. The fourth-order valence-electron chi connectivity index (χ4n) is 1.80. The van der Waals surface area contributed by atoms with Gasteiger partial charge in [0.25, 0.3) is 0 Å². The molecule has 0 saturated carbocycles. The molecule has 0 spiro atoms. The molecule has 0 aromatic carbocycles. The van der Waals surface area contributed by atoms with Gasteiger partial charge in [0, 0.05) is 18.6 Å². The number of nitrogens with one attached hydrogen (secondary N) is 3. The fourth-order valence-corrected chi connectivity index (χ4v) is 1.80. The maximum absolute atomic E-state index is 11.8. The zero-order chi connectivity index (χ0) is 14.5. The Morgan fingerprint density at radius 2 is 2.05 bits per heavy atom. The van der Waals surface area contributed by atoms with Gasteiger partial charge in [0.15, 0.2) is 0 Å². The number of ether oxygens (including phenoxy) is 1. The second kappa shape index (κ2) is 8.44. The molecule has 0 aromatic rings. The van der Waals surface area contributed by atoms with Crippen molar-refractivity contribution in [2.45, 2.75) is 51.8 Å². The minimum absolute atomic E-state index is 0. The lowest BCUT2D eigenvalue weighted by Crippen LogP contribution is -2.51. The van der Waals surface area contributed by atoms with E-state index in [2.05, 4.69) is 16.0 Å². The third-order valence-electron chi connectivity index (χ3n) is 2.69. The molecule has 1 saturated heterocycles. The van der Waals surface area contributed by atoms with Crippen molar-refractivity contribution in [3.63, 3.8) is 0 Å². The predicted octanol–water partition coefficient (Wildman–Crippen LogP) is 0.206. The standard InChI is InChI=1S/C13H25N3O3.ClH/c1-9(12(18)16-13(2,3)4)15-11(17)7-10-8-14-5-6-19-10;/h9-10,14H,5-8H2,1-4H3,(H,15,17)(H,16,18);1H. The molecule has 0 radical (unpaired) electrons. The monoisotopic (exact) mass is 307 g/mol. The Balaban J connectivity index is 0.00000361. The summed E-state index contributed by atoms with van der Waals surface area (Å²) in [6.07, 6.45) is 0.173. The van der Waals surface area contributed by atoms with Crippen molar-refractivity contribution in [2.24, 2.45) is 0 Å². The molecule has 1 aliphatic rings. The molecule has 0 aliphatic carbocycles. The number of halogens is 1. The SMILES string of the molecule is CC(NC(=O)CC1CNCCO1)C(=O)NC(C)(C)C.Cl. The molecule has 2 atom stereocenters. The Morgan fingerprint density at radius 3 is 2.55 bits per heavy atom. The average molecular weight is 308 g/mol. The van der Waals surface area contributed by atoms with Crippen molar-refractivity contribution in [1.82, 2.24) is 16.0 Å². The lowest BCUT2D eigenvalue weighted by Gasteiger charge is -2.25. The Bertz CT molecular complexity index is 325. The van der Waals surface area contributed by atoms with Crippen molar-refractivity contribution >= 4 is 24.2 Å². The van der Waals surface area contributed by atoms with Gasteiger partial charge in [-0.3, -0.25) is 9.59 Å². The van der Waals surface area contributed by atoms with Gasteiger partial charge < -0.3 is 20.7 Å². The van der Waals surface area contributed by atoms with Crippen LogP contribution in [0.1, 0.15) is 34.1 Å². The minimum Gasteiger partial charge on any atom is -0.375 e. The van der Waals surface area contributed by atoms with Crippen LogP contribution in [-0.4, -0.2) is 49.2 Å². The van der Waals surface area contributed by atoms with Crippen LogP contribution in [0.5, 0.6) is 0 Å². The van der Waals surface area contributed by atoms with E-state index in [1.54, 1.807) is 6.92 Å². The van der Waals surface area contributed by atoms with E-state index in [1.165, 1.54) is 0 Å². The van der Waals surface area contributed by atoms with Crippen LogP contribution in [0.4, 0.5) is 0 Å². The highest BCUT2D eigenvalue weighted by Gasteiger charge is 2.23. The molecule has 3 N–H and O–H groups in total. The van der Waals surface area contributed by atoms with Crippen molar-refractivity contribution in [1.29, 1.82) is 0 Å². The van der Waals surface area contributed by atoms with Crippen LogP contribution in [0, 0.1) is 0 Å². The molecule has 0 bridgehead atoms. The van der Waals surface area contributed by atoms with Crippen LogP contribution in [0.2, 0.25) is 0 Å². The van der Waals surface area contributed by atoms with E-state index < -0.39 is 6.04 Å². The van der Waals surface area contributed by atoms with Crippen molar-refractivity contribution in [2.75, 3.05) is 19.7 Å². The second-order valence-corrected chi connectivity index (χ2v) is 5.93. The van der Waals surface area contributed by atoms with E-state index in [0.717, 1.165) is 6.54 Å². The van der Waals surface area contributed by atoms with Crippen molar-refractivity contribution in [3.05, 3.63) is 0 Å². The maximum Gasteiger partial charge on any atom is 0.242 e. The molecule has 7 heteroatoms. The predicted molar refractivity (Wildman–Crippen MR) is 80.0 cm³/mol. The first-order chi connectivity index (χ1) is 8.78. The van der Waals surface area contributed by atoms with Crippen LogP contribution in [0.3, 0.4) is 0 Å². The smallest absolute Gasteiger partial charge is 0.242 e. The van der Waals surface area contributed by atoms with Gasteiger partial charge in [-0.1, -0.05) is 0 Å². The number of hydrogen-bond acceptors (Lipinski definition) is 4. The van der Waals surface area contributed by atoms with Gasteiger partial charge in [0.1, 0.15) is 6.04 Å². The topological polar surface area (TPSA) is 79.5 Å². The molecule has 20 heavy (non-hydrogen) atoms. The third-order valence-corrected chi connectivity index (χ3v) is 2.69. The van der Waals surface area contributed by atoms with Crippen LogP contribution in [0.25, 0.3) is 0 Å². The average Bonchev–Trinajstić information content (AvgIpc) is 2.27. The van der Waals surface area contributed by atoms with E-state index in [1.807, 2.05) is 20.8 Å². The first kappa shape index (κ1) is 19.1. The van der Waals surface area contributed by atoms with Gasteiger partial charge in [-0.05, 0) is 27.7 Å². The quantitative estimate of drug-likeness (QED) is 0.693. The summed E-state index contributed by atoms with van der Waals surface area (Å²) < 4.78 is 5.45. The molecule has 2 unspecified atom stereocenters. The van der Waals surface area contributed by atoms with Crippen LogP contribution >= 0.6 is 12.4 Å². The molecule has 6 nitrogen and oxygen atoms in total. The van der Waals surface area contributed by atoms with E-state index in [9.17, 15) is 9.59 Å². The minimum atomic E-state index is -0.539. The summed E-state index contributed by atoms with van der Waals surface area (Å²) in [5, 5.41) is 8.68. The highest BCUT2D eigenvalue weighted by atomic mass is 35.5. The molecular weight excluding hydrogens is 282 g/mol. The lowest BCUT2D eigenvalue weighted by molar-refractivity contribution is -0.131. The number of carbonyl (C=O) groups is 2. The van der Waals surface area contributed by atoms with E-state index in [0.29, 0.717) is 13.2 Å². The van der Waals surface area contributed by atoms with Gasteiger partial charge in [-0.15, -0.1) is 12.4 Å². The van der Waals surface area contributed by atoms with E-state index >= 15 is 0 Å². The number of rotatable bonds is 4. The van der Waals surface area contributed by atoms with Gasteiger partial charge in [-0.25, -0.2) is 0 Å². The number of carbonyl (C=O) groups excluding carboxylic acids is 2. The number of amides is 2. The molecule has 0 aromatic heterocycles. The Morgan fingerprint density at radius 1 is 1.40 bits per heavy atom. The molecule has 118 valence electrons. The molecule has 1 aliphatic heterocycles. The summed E-state index contributed by atoms with van der Waals surface area (Å²) in [7, 11) is 0. The zero-order valence-corrected chi connectivity index (χ0v) is 13.4. The van der Waals surface area contributed by atoms with Gasteiger partial charge in [0.2, 0.25) is 11.8 Å². The first-order valence-electron chi connectivity index (χ1n) is 6.71. The highest BCUT2D eigenvalue weighted by molar-refractivity contribution is 5.87. The summed E-state index contributed by atoms with van der Waals surface area (Å²) in [5.41, 5.74) is -0.299. The van der Waals surface area contributed by atoms with Crippen molar-refractivity contribution in [3.8, 4) is 0 Å². The van der Waals surface area contributed by atoms with E-state index in [4.69, 9.17) is 4.74 Å². The number of hydrogen-bond donors (Lipinski definition) is 3. The van der Waals surface area contributed by atoms with Gasteiger partial charge in [0.05, 0.1) is 19.1 Å². The summed E-state index contributed by atoms with van der Waals surface area (Å²) in [6.45, 7) is 9.51. The Hall–Kier alpha value is -0.850. The fraction of sp³-hybridized carbons (Fsp3) is 0.846. The van der Waals surface area contributed by atoms with Gasteiger partial charge in [-0.2, -0.15) is 0 Å². The van der Waals surface area contributed by atoms with E-state index in [-0.39, 0.29) is 42.3 Å². The lowest BCUT2D eigenvalue weighted by atomic mass is 10.1. The normalized spacial score (nSPS) is 20.5. The molecule has 1 heterocycles. The summed E-state index contributed by atoms with van der Waals surface area (Å²) in [5.74, 6) is -0.339. The molecular formula is C13H26ClN3O3. The zero-order valence-electron chi connectivity index (χ0n) is 12.6. The Kier molecular flexibility index (Phi) is 8.08. The summed E-state index contributed by atoms with van der Waals surface area (Å²) in [6, 6.07) is -0.539. The third kappa shape index (κ3) is 7.67. The van der Waals surface area contributed by atoms with Crippen LogP contribution in [0.15, 0.2) is 0 Å². The number of morpholine rings is 1. The van der Waals surface area contributed by atoms with Crippen molar-refractivity contribution < 1.29 is 14.3 Å². The first-order valence-corrected chi connectivity index (χ1v) is 6.71. The van der Waals surface area contributed by atoms with Crippen LogP contribution in [-0.2, 0) is 14.3 Å². The second-order valence-electron chi connectivity index (χ2n) is 5.93. The van der Waals surface area contributed by atoms with Gasteiger partial charge >= 0.3 is 0 Å². The van der Waals surface area contributed by atoms with Crippen LogP contribution < -0.4 is 16.0 Å². The summed E-state index contributed by atoms with van der Waals surface area (Å²) in [4.78, 5) is 23.6. The summed E-state index contributed by atoms with van der Waals surface area (Å²) >= 11 is 0.